The quantitative estimate of drug-likeness (QED) is 0.734. The fraction of sp³-hybridized carbons (Fsp3) is 0.231. The highest BCUT2D eigenvalue weighted by Crippen LogP contribution is 2.23. The van der Waals surface area contributed by atoms with E-state index in [1.54, 1.807) is 6.07 Å². The number of fused-ring (bicyclic) bond motifs is 1. The number of H-pyrrole nitrogens is 1. The van der Waals surface area contributed by atoms with Gasteiger partial charge in [0.1, 0.15) is 5.82 Å². The van der Waals surface area contributed by atoms with Crippen LogP contribution in [0, 0.1) is 0 Å². The van der Waals surface area contributed by atoms with Crippen molar-refractivity contribution in [3.63, 3.8) is 0 Å². The second-order valence-electron chi connectivity index (χ2n) is 4.38. The maximum absolute atomic E-state index is 11.1. The molecule has 0 radical (unpaired) electrons. The van der Waals surface area contributed by atoms with E-state index in [0.717, 1.165) is 23.5 Å². The summed E-state index contributed by atoms with van der Waals surface area (Å²) >= 11 is 0. The Morgan fingerprint density at radius 3 is 3.11 bits per heavy atom. The third-order valence-corrected chi connectivity index (χ3v) is 3.17. The highest BCUT2D eigenvalue weighted by Gasteiger charge is 2.09. The second kappa shape index (κ2) is 4.40. The fourth-order valence-electron chi connectivity index (χ4n) is 2.19. The van der Waals surface area contributed by atoms with Crippen molar-refractivity contribution in [1.82, 2.24) is 14.5 Å². The number of oxazole rings is 1. The molecule has 98 valence electrons. The maximum atomic E-state index is 11.1. The van der Waals surface area contributed by atoms with Gasteiger partial charge in [-0.15, -0.1) is 0 Å². The van der Waals surface area contributed by atoms with Gasteiger partial charge in [-0.05, 0) is 24.7 Å². The molecule has 2 aromatic heterocycles. The smallest absolute Gasteiger partial charge is 0.408 e. The molecule has 0 aliphatic rings. The molecule has 3 N–H and O–H groups in total. The van der Waals surface area contributed by atoms with Crippen molar-refractivity contribution in [2.75, 3.05) is 6.54 Å². The first-order valence-corrected chi connectivity index (χ1v) is 6.03. The summed E-state index contributed by atoms with van der Waals surface area (Å²) in [4.78, 5) is 18.1. The van der Waals surface area contributed by atoms with Crippen molar-refractivity contribution in [2.24, 2.45) is 12.8 Å². The molecule has 0 spiro atoms. The predicted molar refractivity (Wildman–Crippen MR) is 71.8 cm³/mol. The lowest BCUT2D eigenvalue weighted by Crippen LogP contribution is -2.08. The summed E-state index contributed by atoms with van der Waals surface area (Å²) in [6.07, 6.45) is 2.55. The second-order valence-corrected chi connectivity index (χ2v) is 4.38. The lowest BCUT2D eigenvalue weighted by atomic mass is 10.1. The van der Waals surface area contributed by atoms with Gasteiger partial charge in [-0.1, -0.05) is 0 Å². The molecule has 3 aromatic rings. The molecule has 0 atom stereocenters. The molecule has 0 amide bonds. The Hall–Kier alpha value is -2.34. The summed E-state index contributed by atoms with van der Waals surface area (Å²) in [6.45, 7) is 0.568. The number of aromatic amines is 1. The van der Waals surface area contributed by atoms with Gasteiger partial charge < -0.3 is 14.7 Å². The van der Waals surface area contributed by atoms with Crippen LogP contribution in [0.25, 0.3) is 22.4 Å². The highest BCUT2D eigenvalue weighted by atomic mass is 16.4. The van der Waals surface area contributed by atoms with Crippen molar-refractivity contribution < 1.29 is 4.42 Å². The topological polar surface area (TPSA) is 89.8 Å². The Balaban J connectivity index is 2.10. The zero-order valence-electron chi connectivity index (χ0n) is 10.5. The average molecular weight is 258 g/mol. The lowest BCUT2D eigenvalue weighted by Gasteiger charge is -2.05. The van der Waals surface area contributed by atoms with Crippen molar-refractivity contribution in [3.8, 4) is 11.3 Å². The molecule has 19 heavy (non-hydrogen) atoms. The van der Waals surface area contributed by atoms with Crippen molar-refractivity contribution in [2.45, 2.75) is 6.42 Å². The van der Waals surface area contributed by atoms with Gasteiger partial charge in [0.05, 0.1) is 17.4 Å². The number of aromatic nitrogens is 3. The maximum Gasteiger partial charge on any atom is 0.417 e. The molecule has 0 saturated heterocycles. The van der Waals surface area contributed by atoms with Crippen molar-refractivity contribution in [1.29, 1.82) is 0 Å². The number of nitrogens with one attached hydrogen (secondary N) is 1. The third kappa shape index (κ3) is 1.96. The summed E-state index contributed by atoms with van der Waals surface area (Å²) in [5.41, 5.74) is 8.74. The molecule has 0 aliphatic heterocycles. The minimum absolute atomic E-state index is 0.444. The third-order valence-electron chi connectivity index (χ3n) is 3.17. The van der Waals surface area contributed by atoms with E-state index < -0.39 is 5.76 Å². The molecule has 2 heterocycles. The van der Waals surface area contributed by atoms with Gasteiger partial charge in [0.2, 0.25) is 0 Å². The van der Waals surface area contributed by atoms with Gasteiger partial charge in [-0.3, -0.25) is 4.98 Å². The van der Waals surface area contributed by atoms with Gasteiger partial charge in [0.15, 0.2) is 5.58 Å². The first-order chi connectivity index (χ1) is 9.19. The lowest BCUT2D eigenvalue weighted by molar-refractivity contribution is 0.555. The molecule has 0 bridgehead atoms. The molecule has 0 fully saturated rings. The number of nitrogens with zero attached hydrogens (tertiary/aromatic N) is 2. The SMILES string of the molecule is Cn1c(-c2ccc3oc(=O)[nH]c3c2)cnc1CCN. The van der Waals surface area contributed by atoms with Gasteiger partial charge >= 0.3 is 5.76 Å². The fourth-order valence-corrected chi connectivity index (χ4v) is 2.19. The Morgan fingerprint density at radius 1 is 1.47 bits per heavy atom. The largest absolute Gasteiger partial charge is 0.417 e. The summed E-state index contributed by atoms with van der Waals surface area (Å²) < 4.78 is 6.99. The first-order valence-electron chi connectivity index (χ1n) is 6.03. The number of nitrogens with two attached hydrogens (primary N) is 1. The van der Waals surface area contributed by atoms with Gasteiger partial charge in [-0.25, -0.2) is 9.78 Å². The standard InChI is InChI=1S/C13H14N4O2/c1-17-10(7-15-12(17)4-5-14)8-2-3-11-9(6-8)16-13(18)19-11/h2-3,6-7H,4-5,14H2,1H3,(H,16,18). The molecule has 3 rings (SSSR count). The highest BCUT2D eigenvalue weighted by molar-refractivity contribution is 5.79. The van der Waals surface area contributed by atoms with E-state index in [1.165, 1.54) is 0 Å². The van der Waals surface area contributed by atoms with E-state index in [0.29, 0.717) is 17.6 Å². The van der Waals surface area contributed by atoms with Crippen molar-refractivity contribution in [3.05, 3.63) is 40.8 Å². The Kier molecular flexibility index (Phi) is 2.72. The molecule has 1 aromatic carbocycles. The number of hydrogen-bond donors (Lipinski definition) is 2. The van der Waals surface area contributed by atoms with Crippen LogP contribution in [0.3, 0.4) is 0 Å². The monoisotopic (exact) mass is 258 g/mol. The zero-order chi connectivity index (χ0) is 13.4. The molecule has 0 saturated carbocycles. The summed E-state index contributed by atoms with van der Waals surface area (Å²) in [5, 5.41) is 0. The molecular weight excluding hydrogens is 244 g/mol. The van der Waals surface area contributed by atoms with Crippen LogP contribution in [0.2, 0.25) is 0 Å². The molecular formula is C13H14N4O2. The molecule has 0 aliphatic carbocycles. The van der Waals surface area contributed by atoms with Crippen LogP contribution in [0.4, 0.5) is 0 Å². The summed E-state index contributed by atoms with van der Waals surface area (Å²) in [7, 11) is 1.95. The normalized spacial score (nSPS) is 11.3. The Morgan fingerprint density at radius 2 is 2.32 bits per heavy atom. The van der Waals surface area contributed by atoms with Gasteiger partial charge in [0, 0.05) is 19.0 Å². The van der Waals surface area contributed by atoms with E-state index in [2.05, 4.69) is 9.97 Å². The van der Waals surface area contributed by atoms with Gasteiger partial charge in [-0.2, -0.15) is 0 Å². The number of benzene rings is 1. The molecule has 6 nitrogen and oxygen atoms in total. The minimum atomic E-state index is -0.444. The van der Waals surface area contributed by atoms with Crippen LogP contribution in [0.5, 0.6) is 0 Å². The van der Waals surface area contributed by atoms with Crippen LogP contribution in [0.15, 0.2) is 33.6 Å². The van der Waals surface area contributed by atoms with E-state index in [4.69, 9.17) is 10.2 Å². The van der Waals surface area contributed by atoms with Crippen LogP contribution in [-0.4, -0.2) is 21.1 Å². The Labute approximate surface area is 108 Å². The van der Waals surface area contributed by atoms with Crippen LogP contribution >= 0.6 is 0 Å². The summed E-state index contributed by atoms with van der Waals surface area (Å²) in [6, 6.07) is 5.56. The number of imidazole rings is 1. The van der Waals surface area contributed by atoms with Crippen LogP contribution in [-0.2, 0) is 13.5 Å². The minimum Gasteiger partial charge on any atom is -0.408 e. The van der Waals surface area contributed by atoms with E-state index in [1.807, 2.05) is 29.9 Å². The average Bonchev–Trinajstić information content (AvgIpc) is 2.92. The summed E-state index contributed by atoms with van der Waals surface area (Å²) in [5.74, 6) is 0.499. The van der Waals surface area contributed by atoms with Crippen LogP contribution in [0.1, 0.15) is 5.82 Å². The first kappa shape index (κ1) is 11.7. The van der Waals surface area contributed by atoms with Gasteiger partial charge in [0.25, 0.3) is 0 Å². The predicted octanol–water partition coefficient (Wildman–Crippen LogP) is 1.02. The van der Waals surface area contributed by atoms with E-state index in [-0.39, 0.29) is 0 Å². The van der Waals surface area contributed by atoms with Crippen LogP contribution < -0.4 is 11.5 Å². The van der Waals surface area contributed by atoms with E-state index in [9.17, 15) is 4.79 Å². The number of rotatable bonds is 3. The molecule has 0 unspecified atom stereocenters. The van der Waals surface area contributed by atoms with E-state index >= 15 is 0 Å². The Bertz CT molecular complexity index is 781. The van der Waals surface area contributed by atoms with Crippen molar-refractivity contribution >= 4 is 11.1 Å². The molecule has 6 heteroatoms. The number of hydrogen-bond acceptors (Lipinski definition) is 4. The zero-order valence-corrected chi connectivity index (χ0v) is 10.5.